The number of ether oxygens (including phenoxy) is 3. The fourth-order valence-electron chi connectivity index (χ4n) is 9.53. The Morgan fingerprint density at radius 2 is 1.38 bits per heavy atom. The number of hydrogen-bond donors (Lipinski definition) is 4. The highest BCUT2D eigenvalue weighted by Gasteiger charge is 2.42. The first-order valence-electron chi connectivity index (χ1n) is 22.4. The molecule has 0 spiro atoms. The molecular weight excluding hydrogens is 846 g/mol. The van der Waals surface area contributed by atoms with Gasteiger partial charge in [-0.2, -0.15) is 0 Å². The molecule has 9 rings (SSSR count). The molecule has 2 saturated heterocycles. The molecule has 17 heteroatoms. The molecule has 6 aromatic rings. The third kappa shape index (κ3) is 8.22. The quantitative estimate of drug-likeness (QED) is 0.0997. The molecule has 0 aliphatic carbocycles. The Balaban J connectivity index is 1.01. The number of H-pyrrole nitrogens is 2. The maximum Gasteiger partial charge on any atom is 0.407 e. The van der Waals surface area contributed by atoms with Crippen LogP contribution in [0.2, 0.25) is 0 Å². The molecule has 3 aromatic carbocycles. The fraction of sp³-hybridized carbons (Fsp3) is 0.388. The standard InChI is InChI=1S/C49H54FN9O7/c1-26(2)41(55-48(62)64-5)45(60)57-18-10-13-37(57)43-51-23-34(53-43)29-15-17-36-31(19-29)20-38-33-16-14-30(21-40(33)66-47(59(36)38)28-11-8-7-9-12-28)35-24-52-44(54-35)39-22-32(50)25-58(39)46(61)42(27(3)4)56-49(63)65-6/h7-9,11-12,14-17,19-21,23-24,26-27,32,37,39,41-42,47H,10,13,18,22,25H2,1-6H3,(H,51,53)(H,52,54)(H,55,62)(H,56,63)/t32-,37+,39+,41+,42+,47?/m1/s1. The number of hydrogen-bond acceptors (Lipinski definition) is 9. The third-order valence-electron chi connectivity index (χ3n) is 13.0. The number of likely N-dealkylation sites (tertiary alicyclic amines) is 2. The minimum atomic E-state index is -1.26. The lowest BCUT2D eigenvalue weighted by Crippen LogP contribution is -2.51. The van der Waals surface area contributed by atoms with Crippen LogP contribution in [0.3, 0.4) is 0 Å². The SMILES string of the molecule is COC(=O)N[C@H](C(=O)N1CCC[C@H]1c1ncc(-c2ccc3c(c2)cc2n3C(c3ccccc3)Oc3cc(-c4cnc([C@@H]5C[C@@H](F)CN5C(=O)[C@@H](NC(=O)OC)C(C)C)[nH]4)ccc3-2)[nH]1)C(C)C. The molecule has 6 heterocycles. The predicted molar refractivity (Wildman–Crippen MR) is 244 cm³/mol. The lowest BCUT2D eigenvalue weighted by Gasteiger charge is -2.30. The maximum absolute atomic E-state index is 15.0. The van der Waals surface area contributed by atoms with Crippen molar-refractivity contribution in [1.82, 2.24) is 44.9 Å². The van der Waals surface area contributed by atoms with Gasteiger partial charge in [-0.1, -0.05) is 70.2 Å². The van der Waals surface area contributed by atoms with Gasteiger partial charge in [-0.05, 0) is 55.0 Å². The number of amides is 4. The molecule has 6 atom stereocenters. The first kappa shape index (κ1) is 44.1. The molecule has 0 saturated carbocycles. The summed E-state index contributed by atoms with van der Waals surface area (Å²) in [4.78, 5) is 71.2. The van der Waals surface area contributed by atoms with Gasteiger partial charge in [0.25, 0.3) is 0 Å². The number of nitrogens with one attached hydrogen (secondary N) is 4. The largest absolute Gasteiger partial charge is 0.465 e. The number of rotatable bonds is 11. The Hall–Kier alpha value is -7.17. The van der Waals surface area contributed by atoms with Gasteiger partial charge >= 0.3 is 12.2 Å². The molecule has 3 aromatic heterocycles. The number of halogens is 1. The molecule has 0 radical (unpaired) electrons. The van der Waals surface area contributed by atoms with E-state index in [4.69, 9.17) is 19.2 Å². The number of imidazole rings is 2. The van der Waals surface area contributed by atoms with Gasteiger partial charge in [-0.15, -0.1) is 0 Å². The van der Waals surface area contributed by atoms with Crippen LogP contribution in [0.15, 0.2) is 85.2 Å². The van der Waals surface area contributed by atoms with E-state index in [1.165, 1.54) is 19.1 Å². The molecule has 3 aliphatic heterocycles. The first-order chi connectivity index (χ1) is 31.8. The average molecular weight is 900 g/mol. The van der Waals surface area contributed by atoms with Gasteiger partial charge in [0.1, 0.15) is 35.7 Å². The number of alkyl carbamates (subject to hydrolysis) is 2. The maximum atomic E-state index is 15.0. The zero-order valence-corrected chi connectivity index (χ0v) is 37.7. The van der Waals surface area contributed by atoms with Crippen molar-refractivity contribution in [2.24, 2.45) is 11.8 Å². The van der Waals surface area contributed by atoms with Gasteiger partial charge in [0.15, 0.2) is 0 Å². The second-order valence-electron chi connectivity index (χ2n) is 17.9. The number of benzene rings is 3. The van der Waals surface area contributed by atoms with E-state index in [1.807, 2.05) is 76.2 Å². The van der Waals surface area contributed by atoms with Crippen molar-refractivity contribution < 1.29 is 37.8 Å². The molecule has 1 unspecified atom stereocenters. The highest BCUT2D eigenvalue weighted by molar-refractivity contribution is 5.93. The number of fused-ring (bicyclic) bond motifs is 5. The van der Waals surface area contributed by atoms with Gasteiger partial charge in [0.2, 0.25) is 18.0 Å². The molecule has 3 aliphatic rings. The van der Waals surface area contributed by atoms with Gasteiger partial charge < -0.3 is 49.2 Å². The molecule has 0 bridgehead atoms. The second-order valence-corrected chi connectivity index (χ2v) is 17.9. The highest BCUT2D eigenvalue weighted by atomic mass is 19.1. The number of carbonyl (C=O) groups is 4. The van der Waals surface area contributed by atoms with Crippen LogP contribution in [0, 0.1) is 11.8 Å². The number of methoxy groups -OCH3 is 2. The van der Waals surface area contributed by atoms with Crippen molar-refractivity contribution in [2.45, 2.75) is 83.5 Å². The Labute approximate surface area is 381 Å². The van der Waals surface area contributed by atoms with Gasteiger partial charge in [0.05, 0.1) is 67.8 Å². The topological polar surface area (TPSA) is 189 Å². The summed E-state index contributed by atoms with van der Waals surface area (Å²) < 4.78 is 33.7. The van der Waals surface area contributed by atoms with E-state index in [2.05, 4.69) is 54.4 Å². The number of aromatic amines is 2. The number of carbonyl (C=O) groups excluding carboxylic acids is 4. The smallest absolute Gasteiger partial charge is 0.407 e. The van der Waals surface area contributed by atoms with Crippen LogP contribution in [0.4, 0.5) is 14.0 Å². The summed E-state index contributed by atoms with van der Waals surface area (Å²) in [6.45, 7) is 7.85. The number of alkyl halides is 1. The zero-order valence-electron chi connectivity index (χ0n) is 37.7. The summed E-state index contributed by atoms with van der Waals surface area (Å²) in [5, 5.41) is 6.31. The van der Waals surface area contributed by atoms with Crippen LogP contribution in [-0.2, 0) is 19.1 Å². The molecular formula is C49H54FN9O7. The van der Waals surface area contributed by atoms with Crippen molar-refractivity contribution in [3.05, 3.63) is 102 Å². The van der Waals surface area contributed by atoms with E-state index in [0.717, 1.165) is 57.4 Å². The van der Waals surface area contributed by atoms with E-state index < -0.39 is 48.6 Å². The summed E-state index contributed by atoms with van der Waals surface area (Å²) in [6, 6.07) is 21.9. The molecule has 4 N–H and O–H groups in total. The first-order valence-corrected chi connectivity index (χ1v) is 22.4. The third-order valence-corrected chi connectivity index (χ3v) is 13.0. The molecule has 344 valence electrons. The van der Waals surface area contributed by atoms with E-state index in [-0.39, 0.29) is 36.8 Å². The van der Waals surface area contributed by atoms with Gasteiger partial charge in [-0.3, -0.25) is 9.59 Å². The molecule has 4 amide bonds. The average Bonchev–Trinajstić information content (AvgIpc) is 4.18. The van der Waals surface area contributed by atoms with Crippen molar-refractivity contribution in [2.75, 3.05) is 27.3 Å². The fourth-order valence-corrected chi connectivity index (χ4v) is 9.53. The minimum absolute atomic E-state index is 0.0677. The number of aromatic nitrogens is 5. The van der Waals surface area contributed by atoms with Crippen LogP contribution in [0.25, 0.3) is 44.7 Å². The van der Waals surface area contributed by atoms with Crippen molar-refractivity contribution in [1.29, 1.82) is 0 Å². The normalized spacial score (nSPS) is 19.9. The van der Waals surface area contributed by atoms with Crippen molar-refractivity contribution in [3.63, 3.8) is 0 Å². The van der Waals surface area contributed by atoms with Gasteiger partial charge in [0, 0.05) is 40.6 Å². The molecule has 16 nitrogen and oxygen atoms in total. The Morgan fingerprint density at radius 3 is 2.02 bits per heavy atom. The highest BCUT2D eigenvalue weighted by Crippen LogP contribution is 2.46. The van der Waals surface area contributed by atoms with E-state index in [1.54, 1.807) is 17.3 Å². The van der Waals surface area contributed by atoms with Crippen LogP contribution in [0.5, 0.6) is 5.75 Å². The summed E-state index contributed by atoms with van der Waals surface area (Å²) in [5.41, 5.74) is 7.01. The van der Waals surface area contributed by atoms with Crippen molar-refractivity contribution in [3.8, 4) is 39.5 Å². The summed E-state index contributed by atoms with van der Waals surface area (Å²) in [7, 11) is 2.52. The van der Waals surface area contributed by atoms with Crippen LogP contribution in [-0.4, -0.2) is 104 Å². The predicted octanol–water partition coefficient (Wildman–Crippen LogP) is 8.06. The second kappa shape index (κ2) is 18.0. The van der Waals surface area contributed by atoms with E-state index in [0.29, 0.717) is 29.6 Å². The minimum Gasteiger partial charge on any atom is -0.465 e. The summed E-state index contributed by atoms with van der Waals surface area (Å²) in [6.07, 6.45) is 1.98. The lowest BCUT2D eigenvalue weighted by atomic mass is 10.0. The summed E-state index contributed by atoms with van der Waals surface area (Å²) in [5.74, 6) is 0.829. The van der Waals surface area contributed by atoms with Crippen LogP contribution >= 0.6 is 0 Å². The van der Waals surface area contributed by atoms with E-state index >= 15 is 4.39 Å². The summed E-state index contributed by atoms with van der Waals surface area (Å²) >= 11 is 0. The van der Waals surface area contributed by atoms with E-state index in [9.17, 15) is 19.2 Å². The van der Waals surface area contributed by atoms with Crippen LogP contribution in [0.1, 0.15) is 82.5 Å². The molecule has 66 heavy (non-hydrogen) atoms. The lowest BCUT2D eigenvalue weighted by molar-refractivity contribution is -0.136. The Bertz CT molecular complexity index is 2780. The Kier molecular flexibility index (Phi) is 12.0. The zero-order chi connectivity index (χ0) is 46.4. The van der Waals surface area contributed by atoms with Gasteiger partial charge in [-0.25, -0.2) is 23.9 Å². The van der Waals surface area contributed by atoms with Crippen molar-refractivity contribution >= 4 is 34.9 Å². The van der Waals surface area contributed by atoms with Crippen LogP contribution < -0.4 is 15.4 Å². The Morgan fingerprint density at radius 1 is 0.773 bits per heavy atom. The monoisotopic (exact) mass is 899 g/mol. The molecule has 2 fully saturated rings. The number of nitrogens with zero attached hydrogens (tertiary/aromatic N) is 5.